The van der Waals surface area contributed by atoms with Crippen molar-refractivity contribution in [1.29, 1.82) is 0 Å². The number of carbonyl (C=O) groups excluding carboxylic acids is 1. The van der Waals surface area contributed by atoms with Crippen molar-refractivity contribution < 1.29 is 27.4 Å². The molecular formula is C10H7Cl2F3O3. The fourth-order valence-electron chi connectivity index (χ4n) is 1.08. The van der Waals surface area contributed by atoms with Crippen molar-refractivity contribution in [2.24, 2.45) is 0 Å². The van der Waals surface area contributed by atoms with E-state index in [1.165, 1.54) is 12.1 Å². The average molecular weight is 303 g/mol. The molecule has 0 atom stereocenters. The lowest BCUT2D eigenvalue weighted by atomic mass is 10.2. The first-order chi connectivity index (χ1) is 8.33. The molecule has 3 nitrogen and oxygen atoms in total. The van der Waals surface area contributed by atoms with Crippen LogP contribution in [0.2, 0.25) is 10.0 Å². The molecule has 0 unspecified atom stereocenters. The SMILES string of the molecule is O=Cc1cc(Cl)cc(Cl)c1OCOCC(F)(F)F. The van der Waals surface area contributed by atoms with Crippen molar-refractivity contribution in [1.82, 2.24) is 0 Å². The zero-order valence-electron chi connectivity index (χ0n) is 8.76. The predicted octanol–water partition coefficient (Wildman–Crippen LogP) is 3.72. The minimum absolute atomic E-state index is 0.0141. The van der Waals surface area contributed by atoms with E-state index in [2.05, 4.69) is 4.74 Å². The van der Waals surface area contributed by atoms with Crippen LogP contribution < -0.4 is 4.74 Å². The van der Waals surface area contributed by atoms with Crippen LogP contribution in [-0.2, 0) is 4.74 Å². The van der Waals surface area contributed by atoms with Gasteiger partial charge in [-0.1, -0.05) is 23.2 Å². The molecule has 0 aliphatic rings. The molecule has 0 aromatic heterocycles. The highest BCUT2D eigenvalue weighted by Crippen LogP contribution is 2.31. The summed E-state index contributed by atoms with van der Waals surface area (Å²) < 4.78 is 44.4. The van der Waals surface area contributed by atoms with Gasteiger partial charge < -0.3 is 9.47 Å². The third kappa shape index (κ3) is 4.72. The molecule has 8 heteroatoms. The largest absolute Gasteiger partial charge is 0.465 e. The van der Waals surface area contributed by atoms with Crippen LogP contribution in [0.3, 0.4) is 0 Å². The Bertz CT molecular complexity index is 435. The van der Waals surface area contributed by atoms with E-state index in [0.717, 1.165) is 0 Å². The highest BCUT2D eigenvalue weighted by atomic mass is 35.5. The van der Waals surface area contributed by atoms with Crippen LogP contribution in [-0.4, -0.2) is 25.9 Å². The highest BCUT2D eigenvalue weighted by Gasteiger charge is 2.27. The van der Waals surface area contributed by atoms with Crippen LogP contribution in [0.15, 0.2) is 12.1 Å². The fourth-order valence-corrected chi connectivity index (χ4v) is 1.64. The summed E-state index contributed by atoms with van der Waals surface area (Å²) in [4.78, 5) is 10.7. The number of aldehydes is 1. The van der Waals surface area contributed by atoms with Crippen molar-refractivity contribution in [2.45, 2.75) is 6.18 Å². The van der Waals surface area contributed by atoms with E-state index >= 15 is 0 Å². The summed E-state index contributed by atoms with van der Waals surface area (Å²) >= 11 is 11.4. The van der Waals surface area contributed by atoms with Crippen molar-refractivity contribution >= 4 is 29.5 Å². The molecule has 0 fully saturated rings. The molecular weight excluding hydrogens is 296 g/mol. The van der Waals surface area contributed by atoms with Gasteiger partial charge in [0.15, 0.2) is 18.8 Å². The van der Waals surface area contributed by atoms with E-state index in [4.69, 9.17) is 27.9 Å². The average Bonchev–Trinajstić information content (AvgIpc) is 2.24. The minimum Gasteiger partial charge on any atom is -0.465 e. The smallest absolute Gasteiger partial charge is 0.411 e. The van der Waals surface area contributed by atoms with E-state index in [9.17, 15) is 18.0 Å². The molecule has 100 valence electrons. The zero-order valence-corrected chi connectivity index (χ0v) is 10.3. The molecule has 0 saturated heterocycles. The predicted molar refractivity (Wildman–Crippen MR) is 59.4 cm³/mol. The molecule has 18 heavy (non-hydrogen) atoms. The number of alkyl halides is 3. The maximum atomic E-state index is 11.8. The van der Waals surface area contributed by atoms with Gasteiger partial charge >= 0.3 is 6.18 Å². The van der Waals surface area contributed by atoms with Crippen LogP contribution >= 0.6 is 23.2 Å². The lowest BCUT2D eigenvalue weighted by Gasteiger charge is -2.12. The van der Waals surface area contributed by atoms with Gasteiger partial charge in [-0.3, -0.25) is 4.79 Å². The Kier molecular flexibility index (Phi) is 5.25. The lowest BCUT2D eigenvalue weighted by molar-refractivity contribution is -0.186. The molecule has 0 aliphatic heterocycles. The molecule has 0 radical (unpaired) electrons. The van der Waals surface area contributed by atoms with Gasteiger partial charge in [0.1, 0.15) is 6.61 Å². The van der Waals surface area contributed by atoms with Gasteiger partial charge in [-0.15, -0.1) is 0 Å². The first-order valence-electron chi connectivity index (χ1n) is 4.55. The summed E-state index contributed by atoms with van der Waals surface area (Å²) in [5.74, 6) is -0.0711. The van der Waals surface area contributed by atoms with Gasteiger partial charge in [0.05, 0.1) is 10.6 Å². The number of rotatable bonds is 5. The number of carbonyl (C=O) groups is 1. The first-order valence-corrected chi connectivity index (χ1v) is 5.30. The molecule has 0 aliphatic carbocycles. The molecule has 0 spiro atoms. The monoisotopic (exact) mass is 302 g/mol. The van der Waals surface area contributed by atoms with Crippen molar-refractivity contribution in [3.63, 3.8) is 0 Å². The van der Waals surface area contributed by atoms with E-state index < -0.39 is 19.6 Å². The Labute approximate surface area is 110 Å². The Hall–Kier alpha value is -0.980. The van der Waals surface area contributed by atoms with E-state index in [1.54, 1.807) is 0 Å². The van der Waals surface area contributed by atoms with E-state index in [-0.39, 0.29) is 21.4 Å². The van der Waals surface area contributed by atoms with Crippen LogP contribution in [0.1, 0.15) is 10.4 Å². The number of ether oxygens (including phenoxy) is 2. The molecule has 0 heterocycles. The van der Waals surface area contributed by atoms with Gasteiger partial charge in [-0.05, 0) is 12.1 Å². The minimum atomic E-state index is -4.44. The molecule has 0 bridgehead atoms. The molecule has 1 aromatic carbocycles. The maximum Gasteiger partial charge on any atom is 0.411 e. The van der Waals surface area contributed by atoms with Gasteiger partial charge in [0.25, 0.3) is 0 Å². The van der Waals surface area contributed by atoms with Crippen molar-refractivity contribution in [3.05, 3.63) is 27.7 Å². The third-order valence-electron chi connectivity index (χ3n) is 1.72. The number of hydrogen-bond acceptors (Lipinski definition) is 3. The molecule has 1 aromatic rings. The molecule has 0 N–H and O–H groups in total. The summed E-state index contributed by atoms with van der Waals surface area (Å²) in [5, 5.41) is 0.228. The van der Waals surface area contributed by atoms with E-state index in [1.807, 2.05) is 0 Å². The highest BCUT2D eigenvalue weighted by molar-refractivity contribution is 6.36. The standard InChI is InChI=1S/C10H7Cl2F3O3/c11-7-1-6(3-16)9(8(12)2-7)18-5-17-4-10(13,14)15/h1-3H,4-5H2. The Morgan fingerprint density at radius 3 is 2.50 bits per heavy atom. The summed E-state index contributed by atoms with van der Waals surface area (Å²) in [6.45, 7) is -2.13. The second kappa shape index (κ2) is 6.26. The Balaban J connectivity index is 2.65. The van der Waals surface area contributed by atoms with Gasteiger partial charge in [-0.25, -0.2) is 0 Å². The van der Waals surface area contributed by atoms with Crippen molar-refractivity contribution in [2.75, 3.05) is 13.4 Å². The molecule has 1 rings (SSSR count). The summed E-state index contributed by atoms with van der Waals surface area (Å²) in [5.41, 5.74) is 0.0307. The van der Waals surface area contributed by atoms with Crippen LogP contribution in [0.5, 0.6) is 5.75 Å². The third-order valence-corrected chi connectivity index (χ3v) is 2.22. The normalized spacial score (nSPS) is 11.4. The van der Waals surface area contributed by atoms with Gasteiger partial charge in [0, 0.05) is 5.02 Å². The second-order valence-electron chi connectivity index (χ2n) is 3.15. The zero-order chi connectivity index (χ0) is 13.8. The molecule has 0 amide bonds. The van der Waals surface area contributed by atoms with Crippen LogP contribution in [0.25, 0.3) is 0 Å². The summed E-state index contributed by atoms with van der Waals surface area (Å²) in [6.07, 6.45) is -4.02. The second-order valence-corrected chi connectivity index (χ2v) is 3.99. The first kappa shape index (κ1) is 15.1. The van der Waals surface area contributed by atoms with Gasteiger partial charge in [0.2, 0.25) is 0 Å². The topological polar surface area (TPSA) is 35.5 Å². The maximum absolute atomic E-state index is 11.8. The molecule has 0 saturated carbocycles. The number of halogens is 5. The summed E-state index contributed by atoms with van der Waals surface area (Å²) in [7, 11) is 0. The fraction of sp³-hybridized carbons (Fsp3) is 0.300. The Morgan fingerprint density at radius 2 is 1.94 bits per heavy atom. The van der Waals surface area contributed by atoms with Crippen LogP contribution in [0.4, 0.5) is 13.2 Å². The Morgan fingerprint density at radius 1 is 1.28 bits per heavy atom. The van der Waals surface area contributed by atoms with E-state index in [0.29, 0.717) is 6.29 Å². The van der Waals surface area contributed by atoms with Crippen LogP contribution in [0, 0.1) is 0 Å². The quantitative estimate of drug-likeness (QED) is 0.472. The number of benzene rings is 1. The lowest BCUT2D eigenvalue weighted by Crippen LogP contribution is -2.19. The summed E-state index contributed by atoms with van der Waals surface area (Å²) in [6, 6.07) is 2.58. The van der Waals surface area contributed by atoms with Crippen molar-refractivity contribution in [3.8, 4) is 5.75 Å². The van der Waals surface area contributed by atoms with Gasteiger partial charge in [-0.2, -0.15) is 13.2 Å². The number of hydrogen-bond donors (Lipinski definition) is 0.